The van der Waals surface area contributed by atoms with Crippen molar-refractivity contribution in [2.45, 2.75) is 12.8 Å². The maximum Gasteiger partial charge on any atom is 0.0387 e. The Bertz CT molecular complexity index is 790. The van der Waals surface area contributed by atoms with Gasteiger partial charge >= 0.3 is 0 Å². The van der Waals surface area contributed by atoms with E-state index < -0.39 is 0 Å². The number of nitrogens with one attached hydrogen (secondary N) is 1. The van der Waals surface area contributed by atoms with E-state index in [4.69, 9.17) is 0 Å². The van der Waals surface area contributed by atoms with Crippen molar-refractivity contribution >= 4 is 11.4 Å². The van der Waals surface area contributed by atoms with E-state index in [-0.39, 0.29) is 0 Å². The van der Waals surface area contributed by atoms with Crippen LogP contribution in [0.2, 0.25) is 0 Å². The zero-order valence-corrected chi connectivity index (χ0v) is 12.0. The Morgan fingerprint density at radius 1 is 0.667 bits per heavy atom. The van der Waals surface area contributed by atoms with Gasteiger partial charge < -0.3 is 5.32 Å². The Morgan fingerprint density at radius 3 is 2.24 bits per heavy atom. The lowest BCUT2D eigenvalue weighted by Gasteiger charge is -2.10. The first-order chi connectivity index (χ1) is 10.3. The van der Waals surface area contributed by atoms with Crippen LogP contribution in [0.3, 0.4) is 0 Å². The molecule has 0 aromatic heterocycles. The molecule has 1 N–H and O–H groups in total. The molecule has 4 rings (SSSR count). The Labute approximate surface area is 125 Å². The van der Waals surface area contributed by atoms with Gasteiger partial charge in [0.05, 0.1) is 0 Å². The van der Waals surface area contributed by atoms with E-state index in [0.29, 0.717) is 5.92 Å². The average Bonchev–Trinajstić information content (AvgIpc) is 2.82. The van der Waals surface area contributed by atoms with Gasteiger partial charge in [-0.15, -0.1) is 0 Å². The highest BCUT2D eigenvalue weighted by Gasteiger charge is 2.24. The zero-order chi connectivity index (χ0) is 14.2. The molecule has 0 saturated carbocycles. The zero-order valence-electron chi connectivity index (χ0n) is 12.0. The summed E-state index contributed by atoms with van der Waals surface area (Å²) in [7, 11) is 0. The fraction of sp³-hybridized carbons (Fsp3) is 0.100. The summed E-state index contributed by atoms with van der Waals surface area (Å²) in [5.41, 5.74) is 7.88. The molecule has 0 saturated heterocycles. The molecule has 0 spiro atoms. The van der Waals surface area contributed by atoms with E-state index in [1.165, 1.54) is 22.3 Å². The molecule has 1 atom stereocenters. The molecule has 0 amide bonds. The third-order valence-corrected chi connectivity index (χ3v) is 4.30. The lowest BCUT2D eigenvalue weighted by molar-refractivity contribution is 0.957. The Morgan fingerprint density at radius 2 is 1.38 bits per heavy atom. The van der Waals surface area contributed by atoms with Crippen LogP contribution in [0.4, 0.5) is 11.4 Å². The minimum Gasteiger partial charge on any atom is -0.356 e. The van der Waals surface area contributed by atoms with Gasteiger partial charge in [-0.2, -0.15) is 0 Å². The lowest BCUT2D eigenvalue weighted by Crippen LogP contribution is -1.93. The first kappa shape index (κ1) is 12.2. The van der Waals surface area contributed by atoms with E-state index in [9.17, 15) is 0 Å². The standard InChI is InChI=1S/C20H17N/c1-14-17-9-5-6-10-18(17)19-12-11-16(13-20(14)19)21-15-7-3-2-4-8-15/h2-14,21H,1H3. The lowest BCUT2D eigenvalue weighted by atomic mass is 9.99. The molecular formula is C20H17N. The van der Waals surface area contributed by atoms with Crippen LogP contribution < -0.4 is 5.32 Å². The van der Waals surface area contributed by atoms with Gasteiger partial charge in [0.25, 0.3) is 0 Å². The fourth-order valence-corrected chi connectivity index (χ4v) is 3.22. The van der Waals surface area contributed by atoms with Gasteiger partial charge in [0.15, 0.2) is 0 Å². The smallest absolute Gasteiger partial charge is 0.0387 e. The van der Waals surface area contributed by atoms with Crippen LogP contribution in [0.25, 0.3) is 11.1 Å². The van der Waals surface area contributed by atoms with Gasteiger partial charge in [-0.3, -0.25) is 0 Å². The summed E-state index contributed by atoms with van der Waals surface area (Å²) in [6.07, 6.45) is 0. The van der Waals surface area contributed by atoms with Crippen LogP contribution in [-0.4, -0.2) is 0 Å². The Kier molecular flexibility index (Phi) is 2.78. The summed E-state index contributed by atoms with van der Waals surface area (Å²) < 4.78 is 0. The third-order valence-electron chi connectivity index (χ3n) is 4.30. The molecule has 0 aliphatic heterocycles. The molecule has 0 radical (unpaired) electrons. The van der Waals surface area contributed by atoms with Gasteiger partial charge in [-0.05, 0) is 46.5 Å². The SMILES string of the molecule is CC1c2ccccc2-c2ccc(Nc3ccccc3)cc21. The van der Waals surface area contributed by atoms with Gasteiger partial charge in [0.1, 0.15) is 0 Å². The second-order valence-electron chi connectivity index (χ2n) is 5.60. The molecule has 1 aliphatic rings. The van der Waals surface area contributed by atoms with E-state index >= 15 is 0 Å². The quantitative estimate of drug-likeness (QED) is 0.643. The van der Waals surface area contributed by atoms with Crippen LogP contribution in [-0.2, 0) is 0 Å². The molecule has 1 heteroatoms. The highest BCUT2D eigenvalue weighted by molar-refractivity contribution is 5.81. The molecule has 0 heterocycles. The normalized spacial score (nSPS) is 15.4. The van der Waals surface area contributed by atoms with Gasteiger partial charge in [0, 0.05) is 17.3 Å². The summed E-state index contributed by atoms with van der Waals surface area (Å²) in [6, 6.07) is 25.7. The number of para-hydroxylation sites is 1. The van der Waals surface area contributed by atoms with Gasteiger partial charge in [-0.1, -0.05) is 55.5 Å². The largest absolute Gasteiger partial charge is 0.356 e. The highest BCUT2D eigenvalue weighted by Crippen LogP contribution is 2.45. The topological polar surface area (TPSA) is 12.0 Å². The Balaban J connectivity index is 1.74. The molecule has 1 nitrogen and oxygen atoms in total. The van der Waals surface area contributed by atoms with E-state index in [1.807, 2.05) is 18.2 Å². The van der Waals surface area contributed by atoms with Crippen LogP contribution in [0.1, 0.15) is 24.0 Å². The number of rotatable bonds is 2. The maximum absolute atomic E-state index is 3.48. The van der Waals surface area contributed by atoms with Crippen LogP contribution in [0.15, 0.2) is 72.8 Å². The molecule has 3 aromatic rings. The van der Waals surface area contributed by atoms with Crippen LogP contribution in [0.5, 0.6) is 0 Å². The minimum atomic E-state index is 0.466. The summed E-state index contributed by atoms with van der Waals surface area (Å²) in [6.45, 7) is 2.29. The summed E-state index contributed by atoms with van der Waals surface area (Å²) in [5.74, 6) is 0.466. The predicted molar refractivity (Wildman–Crippen MR) is 89.1 cm³/mol. The number of fused-ring (bicyclic) bond motifs is 3. The molecule has 21 heavy (non-hydrogen) atoms. The Hall–Kier alpha value is -2.54. The molecule has 3 aromatic carbocycles. The van der Waals surface area contributed by atoms with Gasteiger partial charge in [-0.25, -0.2) is 0 Å². The van der Waals surface area contributed by atoms with Crippen molar-refractivity contribution in [3.05, 3.63) is 83.9 Å². The van der Waals surface area contributed by atoms with Gasteiger partial charge in [0.2, 0.25) is 0 Å². The summed E-state index contributed by atoms with van der Waals surface area (Å²) >= 11 is 0. The number of benzene rings is 3. The first-order valence-electron chi connectivity index (χ1n) is 7.38. The number of anilines is 2. The van der Waals surface area contributed by atoms with E-state index in [0.717, 1.165) is 11.4 Å². The number of hydrogen-bond acceptors (Lipinski definition) is 1. The summed E-state index contributed by atoms with van der Waals surface area (Å²) in [4.78, 5) is 0. The minimum absolute atomic E-state index is 0.466. The highest BCUT2D eigenvalue weighted by atomic mass is 14.9. The molecular weight excluding hydrogens is 254 g/mol. The average molecular weight is 271 g/mol. The van der Waals surface area contributed by atoms with Crippen molar-refractivity contribution in [3.63, 3.8) is 0 Å². The molecule has 0 fully saturated rings. The second kappa shape index (κ2) is 4.78. The predicted octanol–water partition coefficient (Wildman–Crippen LogP) is 5.56. The van der Waals surface area contributed by atoms with Crippen LogP contribution >= 0.6 is 0 Å². The van der Waals surface area contributed by atoms with Crippen molar-refractivity contribution in [2.24, 2.45) is 0 Å². The molecule has 0 bridgehead atoms. The monoisotopic (exact) mass is 271 g/mol. The number of hydrogen-bond donors (Lipinski definition) is 1. The van der Waals surface area contributed by atoms with E-state index in [1.54, 1.807) is 0 Å². The van der Waals surface area contributed by atoms with E-state index in [2.05, 4.69) is 66.8 Å². The van der Waals surface area contributed by atoms with Crippen molar-refractivity contribution in [1.82, 2.24) is 0 Å². The summed E-state index contributed by atoms with van der Waals surface area (Å²) in [5, 5.41) is 3.48. The molecule has 1 unspecified atom stereocenters. The van der Waals surface area contributed by atoms with Crippen LogP contribution in [0, 0.1) is 0 Å². The van der Waals surface area contributed by atoms with Crippen molar-refractivity contribution in [3.8, 4) is 11.1 Å². The van der Waals surface area contributed by atoms with Crippen molar-refractivity contribution in [1.29, 1.82) is 0 Å². The fourth-order valence-electron chi connectivity index (χ4n) is 3.22. The van der Waals surface area contributed by atoms with Crippen molar-refractivity contribution < 1.29 is 0 Å². The molecule has 102 valence electrons. The maximum atomic E-state index is 3.48. The molecule has 1 aliphatic carbocycles. The third kappa shape index (κ3) is 2.02. The second-order valence-corrected chi connectivity index (χ2v) is 5.60. The first-order valence-corrected chi connectivity index (χ1v) is 7.38. The van der Waals surface area contributed by atoms with Crippen molar-refractivity contribution in [2.75, 3.05) is 5.32 Å².